The van der Waals surface area contributed by atoms with Gasteiger partial charge in [-0.25, -0.2) is 0 Å². The number of benzene rings is 1. The van der Waals surface area contributed by atoms with Gasteiger partial charge in [0.05, 0.1) is 0 Å². The van der Waals surface area contributed by atoms with Crippen LogP contribution < -0.4 is 10.2 Å². The molecule has 3 rings (SSSR count). The zero-order chi connectivity index (χ0) is 14.5. The Kier molecular flexibility index (Phi) is 4.50. The first-order valence-electron chi connectivity index (χ1n) is 7.75. The molecular weight excluding hydrogens is 262 g/mol. The molecule has 1 aliphatic rings. The number of anilines is 1. The van der Waals surface area contributed by atoms with Crippen LogP contribution in [0.25, 0.3) is 0 Å². The summed E-state index contributed by atoms with van der Waals surface area (Å²) in [5, 5.41) is 10.9. The third kappa shape index (κ3) is 3.82. The molecule has 1 aromatic carbocycles. The molecule has 112 valence electrons. The number of piperazine rings is 1. The molecule has 0 bridgehead atoms. The highest BCUT2D eigenvalue weighted by Gasteiger charge is 2.19. The van der Waals surface area contributed by atoms with Gasteiger partial charge in [-0.05, 0) is 25.3 Å². The van der Waals surface area contributed by atoms with Crippen molar-refractivity contribution in [2.24, 2.45) is 0 Å². The van der Waals surface area contributed by atoms with E-state index in [0.29, 0.717) is 6.04 Å². The molecule has 0 radical (unpaired) electrons. The van der Waals surface area contributed by atoms with Gasteiger partial charge < -0.3 is 10.2 Å². The second kappa shape index (κ2) is 6.72. The van der Waals surface area contributed by atoms with Crippen LogP contribution in [0.15, 0.2) is 30.3 Å². The van der Waals surface area contributed by atoms with E-state index >= 15 is 0 Å². The van der Waals surface area contributed by atoms with Gasteiger partial charge in [-0.3, -0.25) is 5.10 Å². The van der Waals surface area contributed by atoms with E-state index < -0.39 is 0 Å². The standard InChI is InChI=1S/C16H23N5/c1-13-12-21(11-10-17-13)16-18-15(19-20-16)9-5-8-14-6-3-2-4-7-14/h2-4,6-7,13,17H,5,8-12H2,1H3,(H,18,19,20)/t13-/m0/s1. The summed E-state index contributed by atoms with van der Waals surface area (Å²) in [5.41, 5.74) is 1.38. The van der Waals surface area contributed by atoms with Gasteiger partial charge >= 0.3 is 0 Å². The Morgan fingerprint density at radius 1 is 1.24 bits per heavy atom. The number of aromatic nitrogens is 3. The van der Waals surface area contributed by atoms with Crippen LogP contribution in [0.3, 0.4) is 0 Å². The smallest absolute Gasteiger partial charge is 0.244 e. The summed E-state index contributed by atoms with van der Waals surface area (Å²) in [5.74, 6) is 1.84. The van der Waals surface area contributed by atoms with E-state index in [4.69, 9.17) is 0 Å². The van der Waals surface area contributed by atoms with Gasteiger partial charge in [0.15, 0.2) is 0 Å². The number of hydrogen-bond acceptors (Lipinski definition) is 4. The van der Waals surface area contributed by atoms with Gasteiger partial charge in [-0.15, -0.1) is 5.10 Å². The summed E-state index contributed by atoms with van der Waals surface area (Å²) in [6.45, 7) is 5.14. The summed E-state index contributed by atoms with van der Waals surface area (Å²) < 4.78 is 0. The lowest BCUT2D eigenvalue weighted by Crippen LogP contribution is -2.49. The van der Waals surface area contributed by atoms with E-state index in [1.54, 1.807) is 0 Å². The highest BCUT2D eigenvalue weighted by molar-refractivity contribution is 5.30. The summed E-state index contributed by atoms with van der Waals surface area (Å²) in [4.78, 5) is 6.88. The van der Waals surface area contributed by atoms with Crippen molar-refractivity contribution in [2.75, 3.05) is 24.5 Å². The third-order valence-corrected chi connectivity index (χ3v) is 3.89. The fourth-order valence-corrected chi connectivity index (χ4v) is 2.76. The van der Waals surface area contributed by atoms with Crippen LogP contribution >= 0.6 is 0 Å². The van der Waals surface area contributed by atoms with E-state index in [-0.39, 0.29) is 0 Å². The maximum atomic E-state index is 4.63. The zero-order valence-electron chi connectivity index (χ0n) is 12.5. The average molecular weight is 285 g/mol. The van der Waals surface area contributed by atoms with Gasteiger partial charge in [0.1, 0.15) is 5.82 Å². The summed E-state index contributed by atoms with van der Waals surface area (Å²) in [6.07, 6.45) is 3.13. The Bertz CT molecular complexity index is 551. The van der Waals surface area contributed by atoms with Crippen LogP contribution in [0.5, 0.6) is 0 Å². The topological polar surface area (TPSA) is 56.8 Å². The molecule has 0 saturated carbocycles. The first kappa shape index (κ1) is 14.1. The van der Waals surface area contributed by atoms with Crippen LogP contribution in [0.2, 0.25) is 0 Å². The van der Waals surface area contributed by atoms with Crippen LogP contribution in [0, 0.1) is 0 Å². The fourth-order valence-electron chi connectivity index (χ4n) is 2.76. The van der Waals surface area contributed by atoms with Crippen molar-refractivity contribution in [3.8, 4) is 0 Å². The van der Waals surface area contributed by atoms with Crippen molar-refractivity contribution in [2.45, 2.75) is 32.2 Å². The molecule has 0 aliphatic carbocycles. The lowest BCUT2D eigenvalue weighted by atomic mass is 10.1. The quantitative estimate of drug-likeness (QED) is 0.879. The van der Waals surface area contributed by atoms with Crippen LogP contribution in [-0.2, 0) is 12.8 Å². The first-order valence-corrected chi connectivity index (χ1v) is 7.75. The number of aryl methyl sites for hydroxylation is 2. The van der Waals surface area contributed by atoms with Gasteiger partial charge in [0.25, 0.3) is 0 Å². The second-order valence-corrected chi connectivity index (χ2v) is 5.72. The van der Waals surface area contributed by atoms with Crippen molar-refractivity contribution in [1.29, 1.82) is 0 Å². The highest BCUT2D eigenvalue weighted by atomic mass is 15.4. The predicted molar refractivity (Wildman–Crippen MR) is 84.5 cm³/mol. The number of aromatic amines is 1. The SMILES string of the molecule is C[C@H]1CN(c2n[nH]c(CCCc3ccccc3)n2)CCN1. The van der Waals surface area contributed by atoms with E-state index in [1.807, 2.05) is 0 Å². The maximum absolute atomic E-state index is 4.63. The monoisotopic (exact) mass is 285 g/mol. The number of nitrogens with one attached hydrogen (secondary N) is 2. The lowest BCUT2D eigenvalue weighted by molar-refractivity contribution is 0.479. The van der Waals surface area contributed by atoms with Crippen LogP contribution in [0.4, 0.5) is 5.95 Å². The van der Waals surface area contributed by atoms with Crippen molar-refractivity contribution < 1.29 is 0 Å². The molecule has 1 atom stereocenters. The highest BCUT2D eigenvalue weighted by Crippen LogP contribution is 2.11. The lowest BCUT2D eigenvalue weighted by Gasteiger charge is -2.30. The van der Waals surface area contributed by atoms with E-state index in [1.165, 1.54) is 5.56 Å². The number of hydrogen-bond donors (Lipinski definition) is 2. The van der Waals surface area contributed by atoms with E-state index in [0.717, 1.165) is 50.7 Å². The van der Waals surface area contributed by atoms with Crippen molar-refractivity contribution in [3.63, 3.8) is 0 Å². The molecular formula is C16H23N5. The zero-order valence-corrected chi connectivity index (χ0v) is 12.5. The minimum Gasteiger partial charge on any atom is -0.337 e. The third-order valence-electron chi connectivity index (χ3n) is 3.89. The molecule has 21 heavy (non-hydrogen) atoms. The Morgan fingerprint density at radius 2 is 2.10 bits per heavy atom. The molecule has 2 heterocycles. The van der Waals surface area contributed by atoms with Gasteiger partial charge in [-0.2, -0.15) is 4.98 Å². The van der Waals surface area contributed by atoms with Gasteiger partial charge in [0.2, 0.25) is 5.95 Å². The molecule has 2 aromatic rings. The van der Waals surface area contributed by atoms with Crippen LogP contribution in [-0.4, -0.2) is 40.9 Å². The minimum absolute atomic E-state index is 0.499. The predicted octanol–water partition coefficient (Wildman–Crippen LogP) is 1.78. The number of rotatable bonds is 5. The largest absolute Gasteiger partial charge is 0.337 e. The maximum Gasteiger partial charge on any atom is 0.244 e. The normalized spacial score (nSPS) is 18.9. The first-order chi connectivity index (χ1) is 10.3. The summed E-state index contributed by atoms with van der Waals surface area (Å²) in [6, 6.07) is 11.1. The minimum atomic E-state index is 0.499. The molecule has 5 nitrogen and oxygen atoms in total. The number of nitrogens with zero attached hydrogens (tertiary/aromatic N) is 3. The van der Waals surface area contributed by atoms with Crippen molar-refractivity contribution in [3.05, 3.63) is 41.7 Å². The Labute approximate surface area is 125 Å². The molecule has 2 N–H and O–H groups in total. The van der Waals surface area contributed by atoms with Crippen LogP contribution in [0.1, 0.15) is 24.7 Å². The average Bonchev–Trinajstić information content (AvgIpc) is 2.97. The Balaban J connectivity index is 1.51. The molecule has 0 amide bonds. The van der Waals surface area contributed by atoms with Crippen molar-refractivity contribution in [1.82, 2.24) is 20.5 Å². The molecule has 1 saturated heterocycles. The molecule has 0 unspecified atom stereocenters. The molecule has 1 aliphatic heterocycles. The van der Waals surface area contributed by atoms with Crippen molar-refractivity contribution >= 4 is 5.95 Å². The molecule has 0 spiro atoms. The molecule has 1 fully saturated rings. The van der Waals surface area contributed by atoms with Gasteiger partial charge in [-0.1, -0.05) is 30.3 Å². The number of H-pyrrole nitrogens is 1. The Hall–Kier alpha value is -1.88. The molecule has 5 heteroatoms. The van der Waals surface area contributed by atoms with E-state index in [9.17, 15) is 0 Å². The summed E-state index contributed by atoms with van der Waals surface area (Å²) in [7, 11) is 0. The van der Waals surface area contributed by atoms with Gasteiger partial charge in [0, 0.05) is 32.1 Å². The Morgan fingerprint density at radius 3 is 2.90 bits per heavy atom. The molecule has 1 aromatic heterocycles. The summed E-state index contributed by atoms with van der Waals surface area (Å²) >= 11 is 0. The van der Waals surface area contributed by atoms with E-state index in [2.05, 4.69) is 62.7 Å². The second-order valence-electron chi connectivity index (χ2n) is 5.72. The fraction of sp³-hybridized carbons (Fsp3) is 0.500.